The highest BCUT2D eigenvalue weighted by Gasteiger charge is 2.01. The van der Waals surface area contributed by atoms with E-state index in [2.05, 4.69) is 11.6 Å². The van der Waals surface area contributed by atoms with Crippen molar-refractivity contribution in [2.24, 2.45) is 4.99 Å². The molecule has 0 heterocycles. The van der Waals surface area contributed by atoms with E-state index >= 15 is 0 Å². The van der Waals surface area contributed by atoms with Crippen molar-refractivity contribution in [1.82, 2.24) is 4.90 Å². The standard InChI is InChI=1S/C9H18N2O/c1-6-8(2)10-7-11(4)9(3)12-5/h7,9H,2,6H2,1,3-5H3. The van der Waals surface area contributed by atoms with Crippen LogP contribution in [0, 0.1) is 0 Å². The maximum absolute atomic E-state index is 5.08. The molecule has 0 fully saturated rings. The Morgan fingerprint density at radius 1 is 1.75 bits per heavy atom. The Morgan fingerprint density at radius 2 is 2.33 bits per heavy atom. The Labute approximate surface area is 74.7 Å². The van der Waals surface area contributed by atoms with Gasteiger partial charge in [0.15, 0.2) is 0 Å². The van der Waals surface area contributed by atoms with Gasteiger partial charge in [-0.1, -0.05) is 13.5 Å². The molecular formula is C9H18N2O. The van der Waals surface area contributed by atoms with E-state index in [0.717, 1.165) is 12.1 Å². The van der Waals surface area contributed by atoms with E-state index in [4.69, 9.17) is 4.74 Å². The topological polar surface area (TPSA) is 24.8 Å². The summed E-state index contributed by atoms with van der Waals surface area (Å²) in [5.41, 5.74) is 0.880. The fraction of sp³-hybridized carbons (Fsp3) is 0.667. The van der Waals surface area contributed by atoms with Crippen LogP contribution in [0.3, 0.4) is 0 Å². The lowest BCUT2D eigenvalue weighted by Gasteiger charge is -2.20. The second-order valence-electron chi connectivity index (χ2n) is 2.66. The molecule has 0 amide bonds. The average Bonchev–Trinajstić information content (AvgIpc) is 2.11. The third kappa shape index (κ3) is 4.13. The van der Waals surface area contributed by atoms with E-state index < -0.39 is 0 Å². The van der Waals surface area contributed by atoms with Gasteiger partial charge in [-0.3, -0.25) is 0 Å². The molecule has 0 aliphatic rings. The van der Waals surface area contributed by atoms with Crippen molar-refractivity contribution >= 4 is 6.34 Å². The average molecular weight is 170 g/mol. The summed E-state index contributed by atoms with van der Waals surface area (Å²) in [6.07, 6.45) is 2.67. The van der Waals surface area contributed by atoms with Crippen LogP contribution in [-0.4, -0.2) is 31.6 Å². The van der Waals surface area contributed by atoms with Crippen LogP contribution < -0.4 is 0 Å². The van der Waals surface area contributed by atoms with Crippen LogP contribution in [0.15, 0.2) is 17.3 Å². The van der Waals surface area contributed by atoms with E-state index in [0.29, 0.717) is 0 Å². The molecular weight excluding hydrogens is 152 g/mol. The summed E-state index contributed by atoms with van der Waals surface area (Å²) in [5.74, 6) is 0. The number of allylic oxidation sites excluding steroid dienone is 1. The molecule has 12 heavy (non-hydrogen) atoms. The van der Waals surface area contributed by atoms with Crippen molar-refractivity contribution < 1.29 is 4.74 Å². The molecule has 1 atom stereocenters. The van der Waals surface area contributed by atoms with Crippen LogP contribution in [0.2, 0.25) is 0 Å². The number of methoxy groups -OCH3 is 1. The third-order valence-electron chi connectivity index (χ3n) is 1.75. The van der Waals surface area contributed by atoms with Gasteiger partial charge in [0.25, 0.3) is 0 Å². The maximum atomic E-state index is 5.08. The van der Waals surface area contributed by atoms with Gasteiger partial charge in [0, 0.05) is 19.9 Å². The summed E-state index contributed by atoms with van der Waals surface area (Å²) in [5, 5.41) is 0. The summed E-state index contributed by atoms with van der Waals surface area (Å²) < 4.78 is 5.08. The highest BCUT2D eigenvalue weighted by Crippen LogP contribution is 1.98. The number of rotatable bonds is 5. The van der Waals surface area contributed by atoms with Crippen LogP contribution in [-0.2, 0) is 4.74 Å². The second kappa shape index (κ2) is 5.77. The summed E-state index contributed by atoms with van der Waals surface area (Å²) in [6, 6.07) is 0. The number of hydrogen-bond acceptors (Lipinski definition) is 2. The Morgan fingerprint density at radius 3 is 2.75 bits per heavy atom. The van der Waals surface area contributed by atoms with Crippen molar-refractivity contribution in [3.05, 3.63) is 12.3 Å². The smallest absolute Gasteiger partial charge is 0.127 e. The molecule has 70 valence electrons. The van der Waals surface area contributed by atoms with Crippen LogP contribution >= 0.6 is 0 Å². The van der Waals surface area contributed by atoms with Crippen molar-refractivity contribution in [2.75, 3.05) is 14.2 Å². The Balaban J connectivity index is 3.90. The second-order valence-corrected chi connectivity index (χ2v) is 2.66. The van der Waals surface area contributed by atoms with Gasteiger partial charge in [-0.2, -0.15) is 0 Å². The summed E-state index contributed by atoms with van der Waals surface area (Å²) in [4.78, 5) is 6.03. The van der Waals surface area contributed by atoms with E-state index in [-0.39, 0.29) is 6.23 Å². The van der Waals surface area contributed by atoms with Gasteiger partial charge in [0.2, 0.25) is 0 Å². The van der Waals surface area contributed by atoms with E-state index in [1.165, 1.54) is 0 Å². The molecule has 0 aromatic carbocycles. The Hall–Kier alpha value is -0.830. The zero-order chi connectivity index (χ0) is 9.56. The zero-order valence-corrected chi connectivity index (χ0v) is 8.37. The van der Waals surface area contributed by atoms with Crippen molar-refractivity contribution in [3.8, 4) is 0 Å². The lowest BCUT2D eigenvalue weighted by molar-refractivity contribution is 0.0377. The van der Waals surface area contributed by atoms with Gasteiger partial charge in [-0.25, -0.2) is 4.99 Å². The predicted molar refractivity (Wildman–Crippen MR) is 52.2 cm³/mol. The lowest BCUT2D eigenvalue weighted by Crippen LogP contribution is -2.29. The molecule has 1 unspecified atom stereocenters. The monoisotopic (exact) mass is 170 g/mol. The van der Waals surface area contributed by atoms with Crippen LogP contribution in [0.5, 0.6) is 0 Å². The zero-order valence-electron chi connectivity index (χ0n) is 8.37. The van der Waals surface area contributed by atoms with Crippen LogP contribution in [0.25, 0.3) is 0 Å². The Bertz CT molecular complexity index is 166. The molecule has 3 nitrogen and oxygen atoms in total. The SMILES string of the molecule is C=C(CC)N=CN(C)C(C)OC. The number of nitrogens with zero attached hydrogens (tertiary/aromatic N) is 2. The summed E-state index contributed by atoms with van der Waals surface area (Å²) in [6.45, 7) is 7.75. The molecule has 0 aliphatic heterocycles. The van der Waals surface area contributed by atoms with Crippen molar-refractivity contribution in [3.63, 3.8) is 0 Å². The molecule has 0 aromatic rings. The first kappa shape index (κ1) is 11.2. The third-order valence-corrected chi connectivity index (χ3v) is 1.75. The van der Waals surface area contributed by atoms with Crippen molar-refractivity contribution in [2.45, 2.75) is 26.5 Å². The lowest BCUT2D eigenvalue weighted by atomic mass is 10.4. The van der Waals surface area contributed by atoms with Crippen LogP contribution in [0.4, 0.5) is 0 Å². The van der Waals surface area contributed by atoms with Gasteiger partial charge < -0.3 is 9.64 Å². The van der Waals surface area contributed by atoms with E-state index in [1.807, 2.05) is 25.8 Å². The minimum atomic E-state index is 0.0541. The number of ether oxygens (including phenoxy) is 1. The maximum Gasteiger partial charge on any atom is 0.127 e. The fourth-order valence-corrected chi connectivity index (χ4v) is 0.524. The van der Waals surface area contributed by atoms with Gasteiger partial charge in [0.05, 0.1) is 6.34 Å². The largest absolute Gasteiger partial charge is 0.362 e. The number of aliphatic imine (C=N–C) groups is 1. The van der Waals surface area contributed by atoms with Gasteiger partial charge in [0.1, 0.15) is 6.23 Å². The highest BCUT2D eigenvalue weighted by molar-refractivity contribution is 5.56. The first-order valence-corrected chi connectivity index (χ1v) is 4.08. The Kier molecular flexibility index (Phi) is 5.37. The quantitative estimate of drug-likeness (QED) is 0.357. The molecule has 0 N–H and O–H groups in total. The minimum Gasteiger partial charge on any atom is -0.362 e. The van der Waals surface area contributed by atoms with Gasteiger partial charge >= 0.3 is 0 Å². The first-order valence-electron chi connectivity index (χ1n) is 4.08. The van der Waals surface area contributed by atoms with Crippen LogP contribution in [0.1, 0.15) is 20.3 Å². The molecule has 3 heteroatoms. The normalized spacial score (nSPS) is 13.3. The van der Waals surface area contributed by atoms with Crippen molar-refractivity contribution in [1.29, 1.82) is 0 Å². The summed E-state index contributed by atoms with van der Waals surface area (Å²) >= 11 is 0. The molecule has 0 rings (SSSR count). The first-order chi connectivity index (χ1) is 5.61. The molecule has 0 bridgehead atoms. The highest BCUT2D eigenvalue weighted by atomic mass is 16.5. The molecule has 0 aliphatic carbocycles. The molecule has 0 spiro atoms. The molecule has 0 aromatic heterocycles. The predicted octanol–water partition coefficient (Wildman–Crippen LogP) is 1.86. The molecule has 0 saturated carbocycles. The fourth-order valence-electron chi connectivity index (χ4n) is 0.524. The number of hydrogen-bond donors (Lipinski definition) is 0. The molecule has 0 saturated heterocycles. The minimum absolute atomic E-state index is 0.0541. The van der Waals surface area contributed by atoms with Gasteiger partial charge in [-0.15, -0.1) is 0 Å². The van der Waals surface area contributed by atoms with E-state index in [9.17, 15) is 0 Å². The summed E-state index contributed by atoms with van der Waals surface area (Å²) in [7, 11) is 3.59. The molecule has 0 radical (unpaired) electrons. The van der Waals surface area contributed by atoms with E-state index in [1.54, 1.807) is 13.4 Å². The van der Waals surface area contributed by atoms with Gasteiger partial charge in [-0.05, 0) is 13.3 Å².